The Morgan fingerprint density at radius 3 is 2.00 bits per heavy atom. The summed E-state index contributed by atoms with van der Waals surface area (Å²) >= 11 is 0. The molecule has 1 fully saturated rings. The smallest absolute Gasteiger partial charge is 0.353 e. The van der Waals surface area contributed by atoms with Crippen molar-refractivity contribution in [3.63, 3.8) is 0 Å². The molecule has 0 spiro atoms. The van der Waals surface area contributed by atoms with E-state index in [1.807, 2.05) is 6.07 Å². The number of benzene rings is 2. The molecule has 3 rings (SSSR count). The zero-order valence-corrected chi connectivity index (χ0v) is 13.4. The number of esters is 1. The molecule has 0 radical (unpaired) electrons. The number of carboxylic acid groups (broad SMARTS) is 1. The second-order valence-electron chi connectivity index (χ2n) is 6.14. The molecule has 2 aromatic rings. The highest BCUT2D eigenvalue weighted by atomic mass is 16.6. The van der Waals surface area contributed by atoms with E-state index in [0.717, 1.165) is 25.7 Å². The molecule has 1 atom stereocenters. The van der Waals surface area contributed by atoms with E-state index in [-0.39, 0.29) is 5.92 Å². The highest BCUT2D eigenvalue weighted by Crippen LogP contribution is 2.44. The Morgan fingerprint density at radius 1 is 0.917 bits per heavy atom. The van der Waals surface area contributed by atoms with Crippen LogP contribution in [0.3, 0.4) is 0 Å². The molecule has 0 bridgehead atoms. The molecule has 0 saturated heterocycles. The highest BCUT2D eigenvalue weighted by molar-refractivity contribution is 5.93. The summed E-state index contributed by atoms with van der Waals surface area (Å²) in [6.07, 6.45) is 3.39. The van der Waals surface area contributed by atoms with Crippen LogP contribution in [0.15, 0.2) is 60.7 Å². The number of hydrogen-bond donors (Lipinski definition) is 1. The predicted molar refractivity (Wildman–Crippen MR) is 89.6 cm³/mol. The molecular weight excluding hydrogens is 304 g/mol. The highest BCUT2D eigenvalue weighted by Gasteiger charge is 2.52. The van der Waals surface area contributed by atoms with Gasteiger partial charge >= 0.3 is 11.9 Å². The van der Waals surface area contributed by atoms with Crippen molar-refractivity contribution in [3.05, 3.63) is 71.8 Å². The topological polar surface area (TPSA) is 63.6 Å². The first kappa shape index (κ1) is 16.2. The Hall–Kier alpha value is -2.62. The van der Waals surface area contributed by atoms with E-state index in [9.17, 15) is 14.7 Å². The van der Waals surface area contributed by atoms with Gasteiger partial charge in [-0.1, -0.05) is 61.4 Å². The molecule has 0 aromatic heterocycles. The fourth-order valence-electron chi connectivity index (χ4n) is 3.52. The SMILES string of the molecule is O=C(OC(C(=O)O)(c1ccccc1)C1CCCC1)c1ccccc1. The zero-order valence-electron chi connectivity index (χ0n) is 13.4. The Bertz CT molecular complexity index is 705. The summed E-state index contributed by atoms with van der Waals surface area (Å²) in [4.78, 5) is 24.9. The Labute approximate surface area is 141 Å². The van der Waals surface area contributed by atoms with Gasteiger partial charge in [0.2, 0.25) is 5.60 Å². The van der Waals surface area contributed by atoms with Crippen LogP contribution in [0.2, 0.25) is 0 Å². The molecular formula is C20H20O4. The van der Waals surface area contributed by atoms with Crippen molar-refractivity contribution in [1.29, 1.82) is 0 Å². The van der Waals surface area contributed by atoms with Crippen LogP contribution in [0.4, 0.5) is 0 Å². The van der Waals surface area contributed by atoms with Gasteiger partial charge in [-0.25, -0.2) is 9.59 Å². The lowest BCUT2D eigenvalue weighted by Crippen LogP contribution is -2.46. The fraction of sp³-hybridized carbons (Fsp3) is 0.300. The third-order valence-electron chi connectivity index (χ3n) is 4.71. The van der Waals surface area contributed by atoms with Gasteiger partial charge in [-0.05, 0) is 25.0 Å². The second-order valence-corrected chi connectivity index (χ2v) is 6.14. The lowest BCUT2D eigenvalue weighted by atomic mass is 9.79. The monoisotopic (exact) mass is 324 g/mol. The van der Waals surface area contributed by atoms with Crippen LogP contribution in [-0.2, 0) is 15.1 Å². The average molecular weight is 324 g/mol. The van der Waals surface area contributed by atoms with E-state index in [4.69, 9.17) is 4.74 Å². The summed E-state index contributed by atoms with van der Waals surface area (Å²) in [5.74, 6) is -1.93. The van der Waals surface area contributed by atoms with Crippen molar-refractivity contribution < 1.29 is 19.4 Å². The van der Waals surface area contributed by atoms with Crippen molar-refractivity contribution >= 4 is 11.9 Å². The number of aliphatic carboxylic acids is 1. The van der Waals surface area contributed by atoms with Gasteiger partial charge in [-0.15, -0.1) is 0 Å². The van der Waals surface area contributed by atoms with Crippen LogP contribution >= 0.6 is 0 Å². The molecule has 1 N–H and O–H groups in total. The predicted octanol–water partition coefficient (Wildman–Crippen LogP) is 4.01. The zero-order chi connectivity index (χ0) is 17.0. The Morgan fingerprint density at radius 2 is 1.46 bits per heavy atom. The average Bonchev–Trinajstić information content (AvgIpc) is 3.15. The summed E-state index contributed by atoms with van der Waals surface area (Å²) in [6.45, 7) is 0. The fourth-order valence-corrected chi connectivity index (χ4v) is 3.52. The summed E-state index contributed by atoms with van der Waals surface area (Å²) < 4.78 is 5.72. The van der Waals surface area contributed by atoms with Crippen LogP contribution in [0.1, 0.15) is 41.6 Å². The normalized spacial score (nSPS) is 17.2. The van der Waals surface area contributed by atoms with Gasteiger partial charge in [0.05, 0.1) is 5.56 Å². The minimum absolute atomic E-state index is 0.218. The van der Waals surface area contributed by atoms with Gasteiger partial charge in [-0.2, -0.15) is 0 Å². The van der Waals surface area contributed by atoms with Gasteiger partial charge in [0, 0.05) is 11.5 Å². The molecule has 24 heavy (non-hydrogen) atoms. The number of rotatable bonds is 5. The lowest BCUT2D eigenvalue weighted by molar-refractivity contribution is -0.167. The molecule has 124 valence electrons. The first-order chi connectivity index (χ1) is 11.6. The Balaban J connectivity index is 2.04. The third-order valence-corrected chi connectivity index (χ3v) is 4.71. The molecule has 0 amide bonds. The molecule has 0 heterocycles. The maximum Gasteiger partial charge on any atom is 0.353 e. The van der Waals surface area contributed by atoms with Crippen LogP contribution in [0.5, 0.6) is 0 Å². The number of carbonyl (C=O) groups is 2. The molecule has 1 unspecified atom stereocenters. The number of hydrogen-bond acceptors (Lipinski definition) is 3. The van der Waals surface area contributed by atoms with Gasteiger partial charge in [0.25, 0.3) is 0 Å². The molecule has 1 saturated carbocycles. The quantitative estimate of drug-likeness (QED) is 0.844. The maximum atomic E-state index is 12.6. The van der Waals surface area contributed by atoms with Crippen LogP contribution in [0, 0.1) is 5.92 Å². The van der Waals surface area contributed by atoms with Gasteiger partial charge < -0.3 is 9.84 Å². The summed E-state index contributed by atoms with van der Waals surface area (Å²) in [5.41, 5.74) is -0.754. The standard InChI is InChI=1S/C20H20O4/c21-18(15-9-3-1-4-10-15)24-20(19(22)23,17-13-7-8-14-17)16-11-5-2-6-12-16/h1-6,9-12,17H,7-8,13-14H2,(H,22,23). The van der Waals surface area contributed by atoms with Crippen LogP contribution in [-0.4, -0.2) is 17.0 Å². The molecule has 1 aliphatic carbocycles. The van der Waals surface area contributed by atoms with E-state index in [1.165, 1.54) is 0 Å². The largest absolute Gasteiger partial charge is 0.478 e. The molecule has 2 aromatic carbocycles. The van der Waals surface area contributed by atoms with Crippen LogP contribution < -0.4 is 0 Å². The van der Waals surface area contributed by atoms with Crippen LogP contribution in [0.25, 0.3) is 0 Å². The van der Waals surface area contributed by atoms with Crippen molar-refractivity contribution in [2.75, 3.05) is 0 Å². The van der Waals surface area contributed by atoms with Crippen molar-refractivity contribution in [3.8, 4) is 0 Å². The van der Waals surface area contributed by atoms with E-state index >= 15 is 0 Å². The summed E-state index contributed by atoms with van der Waals surface area (Å²) in [7, 11) is 0. The molecule has 4 nitrogen and oxygen atoms in total. The first-order valence-electron chi connectivity index (χ1n) is 8.22. The Kier molecular flexibility index (Phi) is 4.65. The van der Waals surface area contributed by atoms with Crippen molar-refractivity contribution in [2.24, 2.45) is 5.92 Å². The van der Waals surface area contributed by atoms with Gasteiger partial charge in [0.1, 0.15) is 0 Å². The summed E-state index contributed by atoms with van der Waals surface area (Å²) in [5, 5.41) is 10.1. The minimum Gasteiger partial charge on any atom is -0.478 e. The minimum atomic E-state index is -1.63. The number of ether oxygens (including phenoxy) is 1. The third kappa shape index (κ3) is 2.92. The summed E-state index contributed by atoms with van der Waals surface area (Å²) in [6, 6.07) is 17.4. The number of carbonyl (C=O) groups excluding carboxylic acids is 1. The first-order valence-corrected chi connectivity index (χ1v) is 8.22. The van der Waals surface area contributed by atoms with E-state index < -0.39 is 17.5 Å². The van der Waals surface area contributed by atoms with E-state index in [1.54, 1.807) is 54.6 Å². The van der Waals surface area contributed by atoms with E-state index in [2.05, 4.69) is 0 Å². The van der Waals surface area contributed by atoms with Gasteiger partial charge in [0.15, 0.2) is 0 Å². The van der Waals surface area contributed by atoms with Crippen molar-refractivity contribution in [1.82, 2.24) is 0 Å². The lowest BCUT2D eigenvalue weighted by Gasteiger charge is -2.35. The van der Waals surface area contributed by atoms with E-state index in [0.29, 0.717) is 11.1 Å². The number of carboxylic acids is 1. The van der Waals surface area contributed by atoms with Crippen molar-refractivity contribution in [2.45, 2.75) is 31.3 Å². The molecule has 4 heteroatoms. The molecule has 0 aliphatic heterocycles. The molecule has 1 aliphatic rings. The van der Waals surface area contributed by atoms with Gasteiger partial charge in [-0.3, -0.25) is 0 Å². The second kappa shape index (κ2) is 6.87. The maximum absolute atomic E-state index is 12.6.